The second kappa shape index (κ2) is 9.45. The van der Waals surface area contributed by atoms with Gasteiger partial charge in [0.05, 0.1) is 7.11 Å². The van der Waals surface area contributed by atoms with Gasteiger partial charge in [-0.3, -0.25) is 4.90 Å². The summed E-state index contributed by atoms with van der Waals surface area (Å²) < 4.78 is 10.7. The molecule has 0 aliphatic carbocycles. The van der Waals surface area contributed by atoms with Crippen LogP contribution in [0.2, 0.25) is 0 Å². The molecule has 5 nitrogen and oxygen atoms in total. The van der Waals surface area contributed by atoms with Gasteiger partial charge < -0.3 is 14.3 Å². The molecular formula is C29H29NO4. The number of methoxy groups -OCH3 is 1. The average molecular weight is 456 g/mol. The smallest absolute Gasteiger partial charge is 0.336 e. The quantitative estimate of drug-likeness (QED) is 0.417. The van der Waals surface area contributed by atoms with Crippen molar-refractivity contribution >= 4 is 11.0 Å². The first kappa shape index (κ1) is 22.4. The minimum Gasteiger partial charge on any atom is -0.497 e. The van der Waals surface area contributed by atoms with Crippen LogP contribution in [0.1, 0.15) is 29.5 Å². The monoisotopic (exact) mass is 455 g/mol. The largest absolute Gasteiger partial charge is 0.497 e. The average Bonchev–Trinajstić information content (AvgIpc) is 2.89. The van der Waals surface area contributed by atoms with Crippen molar-refractivity contribution in [1.29, 1.82) is 0 Å². The lowest BCUT2D eigenvalue weighted by atomic mass is 9.72. The SMILES string of the molecule is COc1ccc2c(CN3CCC(C(O)(c4ccccc4)c4ccccc4)CC3)cc(=O)oc2c1. The number of likely N-dealkylation sites (tertiary alicyclic amines) is 1. The molecule has 1 aliphatic heterocycles. The number of hydrogen-bond donors (Lipinski definition) is 1. The molecule has 34 heavy (non-hydrogen) atoms. The molecule has 0 amide bonds. The van der Waals surface area contributed by atoms with Crippen LogP contribution < -0.4 is 10.4 Å². The molecule has 0 unspecified atom stereocenters. The highest BCUT2D eigenvalue weighted by molar-refractivity contribution is 5.81. The Morgan fingerprint density at radius 2 is 1.56 bits per heavy atom. The van der Waals surface area contributed by atoms with E-state index in [9.17, 15) is 9.90 Å². The van der Waals surface area contributed by atoms with Crippen LogP contribution in [0.3, 0.4) is 0 Å². The summed E-state index contributed by atoms with van der Waals surface area (Å²) in [6.07, 6.45) is 1.71. The lowest BCUT2D eigenvalue weighted by Gasteiger charge is -2.42. The zero-order chi connectivity index (χ0) is 23.5. The van der Waals surface area contributed by atoms with Gasteiger partial charge >= 0.3 is 5.63 Å². The van der Waals surface area contributed by atoms with Crippen molar-refractivity contribution in [2.24, 2.45) is 5.92 Å². The standard InChI is InChI=1S/C29H29NO4/c1-33-25-12-13-26-21(18-28(31)34-27(26)19-25)20-30-16-14-24(15-17-30)29(32,22-8-4-2-5-9-22)23-10-6-3-7-11-23/h2-13,18-19,24,32H,14-17,20H2,1H3. The fraction of sp³-hybridized carbons (Fsp3) is 0.276. The number of piperidine rings is 1. The van der Waals surface area contributed by atoms with Gasteiger partial charge in [-0.2, -0.15) is 0 Å². The van der Waals surface area contributed by atoms with E-state index in [1.807, 2.05) is 72.8 Å². The van der Waals surface area contributed by atoms with Gasteiger partial charge in [-0.05, 0) is 60.7 Å². The summed E-state index contributed by atoms with van der Waals surface area (Å²) in [4.78, 5) is 14.5. The van der Waals surface area contributed by atoms with Crippen LogP contribution in [-0.2, 0) is 12.1 Å². The second-order valence-electron chi connectivity index (χ2n) is 9.00. The number of aliphatic hydroxyl groups is 1. The zero-order valence-corrected chi connectivity index (χ0v) is 19.3. The summed E-state index contributed by atoms with van der Waals surface area (Å²) in [7, 11) is 1.60. The van der Waals surface area contributed by atoms with E-state index in [4.69, 9.17) is 9.15 Å². The summed E-state index contributed by atoms with van der Waals surface area (Å²) in [6.45, 7) is 2.34. The molecule has 5 rings (SSSR count). The molecule has 0 radical (unpaired) electrons. The zero-order valence-electron chi connectivity index (χ0n) is 19.3. The number of benzene rings is 3. The van der Waals surface area contributed by atoms with Gasteiger partial charge in [0.2, 0.25) is 0 Å². The van der Waals surface area contributed by atoms with E-state index in [0.717, 1.165) is 48.0 Å². The van der Waals surface area contributed by atoms with E-state index >= 15 is 0 Å². The fourth-order valence-electron chi connectivity index (χ4n) is 5.24. The molecule has 1 aliphatic rings. The molecule has 1 N–H and O–H groups in total. The normalized spacial score (nSPS) is 15.5. The van der Waals surface area contributed by atoms with Crippen LogP contribution in [0.5, 0.6) is 5.75 Å². The van der Waals surface area contributed by atoms with Gasteiger partial charge in [0.25, 0.3) is 0 Å². The summed E-state index contributed by atoms with van der Waals surface area (Å²) in [6, 6.07) is 27.1. The summed E-state index contributed by atoms with van der Waals surface area (Å²) >= 11 is 0. The fourth-order valence-corrected chi connectivity index (χ4v) is 5.24. The van der Waals surface area contributed by atoms with Crippen LogP contribution in [0.15, 0.2) is 94.1 Å². The summed E-state index contributed by atoms with van der Waals surface area (Å²) in [5.74, 6) is 0.755. The topological polar surface area (TPSA) is 62.9 Å². The maximum atomic E-state index is 12.2. The molecule has 0 saturated carbocycles. The Kier molecular flexibility index (Phi) is 6.22. The Morgan fingerprint density at radius 3 is 2.15 bits per heavy atom. The summed E-state index contributed by atoms with van der Waals surface area (Å²) in [5.41, 5.74) is 1.97. The van der Waals surface area contributed by atoms with Crippen molar-refractivity contribution in [1.82, 2.24) is 4.90 Å². The second-order valence-corrected chi connectivity index (χ2v) is 9.00. The van der Waals surface area contributed by atoms with Crippen molar-refractivity contribution in [2.75, 3.05) is 20.2 Å². The van der Waals surface area contributed by atoms with Crippen molar-refractivity contribution < 1.29 is 14.3 Å². The Labute approximate surface area is 199 Å². The molecule has 0 bridgehead atoms. The van der Waals surface area contributed by atoms with E-state index < -0.39 is 5.60 Å². The third kappa shape index (κ3) is 4.25. The van der Waals surface area contributed by atoms with Crippen LogP contribution in [0.25, 0.3) is 11.0 Å². The molecule has 0 atom stereocenters. The lowest BCUT2D eigenvalue weighted by molar-refractivity contribution is -0.0152. The maximum absolute atomic E-state index is 12.2. The lowest BCUT2D eigenvalue weighted by Crippen LogP contribution is -2.44. The minimum absolute atomic E-state index is 0.0930. The number of ether oxygens (including phenoxy) is 1. The number of nitrogens with zero attached hydrogens (tertiary/aromatic N) is 1. The van der Waals surface area contributed by atoms with Gasteiger partial charge in [-0.1, -0.05) is 60.7 Å². The van der Waals surface area contributed by atoms with Crippen molar-refractivity contribution in [2.45, 2.75) is 25.0 Å². The number of hydrogen-bond acceptors (Lipinski definition) is 5. The molecule has 1 saturated heterocycles. The molecule has 1 aromatic heterocycles. The van der Waals surface area contributed by atoms with E-state index in [-0.39, 0.29) is 11.5 Å². The van der Waals surface area contributed by atoms with E-state index in [0.29, 0.717) is 17.9 Å². The van der Waals surface area contributed by atoms with Crippen LogP contribution >= 0.6 is 0 Å². The van der Waals surface area contributed by atoms with Gasteiger partial charge in [-0.25, -0.2) is 4.79 Å². The first-order valence-corrected chi connectivity index (χ1v) is 11.7. The molecule has 0 spiro atoms. The molecule has 2 heterocycles. The maximum Gasteiger partial charge on any atom is 0.336 e. The highest BCUT2D eigenvalue weighted by Crippen LogP contribution is 2.42. The molecular weight excluding hydrogens is 426 g/mol. The van der Waals surface area contributed by atoms with Crippen LogP contribution in [-0.4, -0.2) is 30.2 Å². The number of rotatable bonds is 6. The van der Waals surface area contributed by atoms with Crippen LogP contribution in [0.4, 0.5) is 0 Å². The van der Waals surface area contributed by atoms with E-state index in [2.05, 4.69) is 4.90 Å². The molecule has 174 valence electrons. The van der Waals surface area contributed by atoms with Crippen LogP contribution in [0, 0.1) is 5.92 Å². The predicted molar refractivity (Wildman–Crippen MR) is 133 cm³/mol. The van der Waals surface area contributed by atoms with Crippen molar-refractivity contribution in [3.05, 3.63) is 112 Å². The van der Waals surface area contributed by atoms with Crippen molar-refractivity contribution in [3.63, 3.8) is 0 Å². The van der Waals surface area contributed by atoms with E-state index in [1.165, 1.54) is 0 Å². The Balaban J connectivity index is 1.38. The molecule has 1 fully saturated rings. The van der Waals surface area contributed by atoms with Gasteiger partial charge in [0, 0.05) is 24.1 Å². The molecule has 4 aromatic rings. The van der Waals surface area contributed by atoms with Gasteiger partial charge in [0.15, 0.2) is 0 Å². The molecule has 5 heteroatoms. The van der Waals surface area contributed by atoms with Crippen molar-refractivity contribution in [3.8, 4) is 5.75 Å². The Morgan fingerprint density at radius 1 is 0.941 bits per heavy atom. The highest BCUT2D eigenvalue weighted by Gasteiger charge is 2.41. The Bertz CT molecular complexity index is 1270. The third-order valence-electron chi connectivity index (χ3n) is 7.04. The predicted octanol–water partition coefficient (Wildman–Crippen LogP) is 4.95. The summed E-state index contributed by atoms with van der Waals surface area (Å²) in [5, 5.41) is 13.0. The molecule has 3 aromatic carbocycles. The Hall–Kier alpha value is -3.41. The van der Waals surface area contributed by atoms with E-state index in [1.54, 1.807) is 19.2 Å². The third-order valence-corrected chi connectivity index (χ3v) is 7.04. The van der Waals surface area contributed by atoms with Gasteiger partial charge in [-0.15, -0.1) is 0 Å². The number of fused-ring (bicyclic) bond motifs is 1. The minimum atomic E-state index is -1.04. The van der Waals surface area contributed by atoms with Gasteiger partial charge in [0.1, 0.15) is 16.9 Å². The first-order chi connectivity index (χ1) is 16.6. The highest BCUT2D eigenvalue weighted by atomic mass is 16.5. The first-order valence-electron chi connectivity index (χ1n) is 11.7.